The maximum atomic E-state index is 5.30. The largest absolute Gasteiger partial charge is 0.382 e. The van der Waals surface area contributed by atoms with Crippen molar-refractivity contribution >= 4 is 6.21 Å². The van der Waals surface area contributed by atoms with E-state index in [1.807, 2.05) is 0 Å². The first-order valence-corrected chi connectivity index (χ1v) is 13.6. The lowest BCUT2D eigenvalue weighted by Crippen LogP contribution is -2.28. The van der Waals surface area contributed by atoms with Gasteiger partial charge in [0, 0.05) is 32.5 Å². The van der Waals surface area contributed by atoms with E-state index in [1.165, 1.54) is 89.2 Å². The zero-order valence-corrected chi connectivity index (χ0v) is 21.0. The summed E-state index contributed by atoms with van der Waals surface area (Å²) in [4.78, 5) is 2.64. The van der Waals surface area contributed by atoms with Crippen LogP contribution in [0.1, 0.15) is 89.0 Å². The van der Waals surface area contributed by atoms with E-state index in [-0.39, 0.29) is 0 Å². The molecule has 33 heavy (non-hydrogen) atoms. The quantitative estimate of drug-likeness (QED) is 0.156. The molecular formula is C29H47N3O. The van der Waals surface area contributed by atoms with Crippen LogP contribution in [0.5, 0.6) is 0 Å². The molecule has 0 saturated carbocycles. The van der Waals surface area contributed by atoms with Crippen LogP contribution in [0.15, 0.2) is 47.6 Å². The van der Waals surface area contributed by atoms with Gasteiger partial charge in [0.15, 0.2) is 0 Å². The third-order valence-corrected chi connectivity index (χ3v) is 7.14. The van der Waals surface area contributed by atoms with Gasteiger partial charge < -0.3 is 4.74 Å². The number of likely N-dealkylation sites (tertiary alicyclic amines) is 1. The van der Waals surface area contributed by atoms with Gasteiger partial charge in [-0.1, -0.05) is 74.6 Å². The van der Waals surface area contributed by atoms with Gasteiger partial charge in [0.25, 0.3) is 0 Å². The molecule has 2 aliphatic heterocycles. The average molecular weight is 454 g/mol. The Morgan fingerprint density at radius 2 is 1.64 bits per heavy atom. The minimum atomic E-state index is 0.493. The number of hydrazone groups is 1. The van der Waals surface area contributed by atoms with Crippen LogP contribution in [0.3, 0.4) is 0 Å². The molecule has 0 radical (unpaired) electrons. The van der Waals surface area contributed by atoms with Crippen LogP contribution >= 0.6 is 0 Å². The minimum absolute atomic E-state index is 0.493. The second-order valence-electron chi connectivity index (χ2n) is 9.86. The van der Waals surface area contributed by atoms with Crippen LogP contribution in [0, 0.1) is 0 Å². The van der Waals surface area contributed by atoms with Gasteiger partial charge in [-0.3, -0.25) is 9.91 Å². The lowest BCUT2D eigenvalue weighted by Gasteiger charge is -2.21. The molecule has 0 amide bonds. The van der Waals surface area contributed by atoms with Crippen LogP contribution in [0.2, 0.25) is 0 Å². The van der Waals surface area contributed by atoms with Crippen molar-refractivity contribution in [1.82, 2.24) is 9.91 Å². The van der Waals surface area contributed by atoms with Gasteiger partial charge in [-0.2, -0.15) is 5.10 Å². The van der Waals surface area contributed by atoms with Gasteiger partial charge in [-0.05, 0) is 63.5 Å². The molecule has 4 heteroatoms. The van der Waals surface area contributed by atoms with E-state index in [0.717, 1.165) is 26.1 Å². The number of hydrogen-bond donors (Lipinski definition) is 0. The van der Waals surface area contributed by atoms with Crippen LogP contribution in [-0.2, 0) is 11.3 Å². The second kappa shape index (κ2) is 16.1. The average Bonchev–Trinajstić information content (AvgIpc) is 3.47. The van der Waals surface area contributed by atoms with Gasteiger partial charge in [0.2, 0.25) is 0 Å². The van der Waals surface area contributed by atoms with E-state index < -0.39 is 0 Å². The number of hydrogen-bond acceptors (Lipinski definition) is 4. The molecule has 3 rings (SSSR count). The van der Waals surface area contributed by atoms with Gasteiger partial charge in [0.1, 0.15) is 0 Å². The van der Waals surface area contributed by atoms with Crippen molar-refractivity contribution in [2.75, 3.05) is 26.8 Å². The third kappa shape index (κ3) is 10.0. The molecule has 2 saturated heterocycles. The molecule has 1 aromatic carbocycles. The molecule has 2 aliphatic rings. The normalized spacial score (nSPS) is 21.8. The minimum Gasteiger partial charge on any atom is -0.382 e. The van der Waals surface area contributed by atoms with E-state index in [1.54, 1.807) is 7.11 Å². The Morgan fingerprint density at radius 1 is 0.909 bits per heavy atom. The van der Waals surface area contributed by atoms with Crippen molar-refractivity contribution in [2.24, 2.45) is 5.10 Å². The first-order valence-electron chi connectivity index (χ1n) is 13.6. The summed E-state index contributed by atoms with van der Waals surface area (Å²) in [5.74, 6) is 0. The van der Waals surface area contributed by atoms with Crippen molar-refractivity contribution in [2.45, 2.75) is 102 Å². The number of rotatable bonds is 16. The third-order valence-electron chi connectivity index (χ3n) is 7.14. The van der Waals surface area contributed by atoms with E-state index in [0.29, 0.717) is 12.1 Å². The Morgan fingerprint density at radius 3 is 2.42 bits per heavy atom. The summed E-state index contributed by atoms with van der Waals surface area (Å²) in [5, 5.41) is 6.90. The predicted octanol–water partition coefficient (Wildman–Crippen LogP) is 6.81. The summed E-state index contributed by atoms with van der Waals surface area (Å²) in [6.07, 6.45) is 24.0. The SMILES string of the molecule is COC[C@@H]1CCCN1/N=C/CCCCCCCCC/C=C\[C@H]1CCCN1Cc1ccccc1. The Labute approximate surface area is 203 Å². The number of allylic oxidation sites excluding steroid dienone is 1. The topological polar surface area (TPSA) is 28.1 Å². The molecule has 4 nitrogen and oxygen atoms in total. The smallest absolute Gasteiger partial charge is 0.0704 e. The van der Waals surface area contributed by atoms with E-state index in [9.17, 15) is 0 Å². The van der Waals surface area contributed by atoms with Crippen LogP contribution in [-0.4, -0.2) is 55.0 Å². The maximum absolute atomic E-state index is 5.30. The van der Waals surface area contributed by atoms with E-state index >= 15 is 0 Å². The van der Waals surface area contributed by atoms with Crippen molar-refractivity contribution in [3.05, 3.63) is 48.0 Å². The summed E-state index contributed by atoms with van der Waals surface area (Å²) >= 11 is 0. The summed E-state index contributed by atoms with van der Waals surface area (Å²) in [5.41, 5.74) is 1.44. The highest BCUT2D eigenvalue weighted by molar-refractivity contribution is 5.56. The fourth-order valence-corrected chi connectivity index (χ4v) is 5.22. The molecule has 0 aliphatic carbocycles. The summed E-state index contributed by atoms with van der Waals surface area (Å²) in [6, 6.07) is 12.0. The van der Waals surface area contributed by atoms with Gasteiger partial charge >= 0.3 is 0 Å². The highest BCUT2D eigenvalue weighted by Crippen LogP contribution is 2.21. The van der Waals surface area contributed by atoms with Crippen molar-refractivity contribution in [1.29, 1.82) is 0 Å². The number of benzene rings is 1. The lowest BCUT2D eigenvalue weighted by molar-refractivity contribution is 0.118. The molecule has 2 heterocycles. The molecule has 0 N–H and O–H groups in total. The molecule has 1 aromatic rings. The first-order chi connectivity index (χ1) is 16.4. The molecule has 0 spiro atoms. The number of methoxy groups -OCH3 is 1. The van der Waals surface area contributed by atoms with Gasteiger partial charge in [-0.15, -0.1) is 0 Å². The summed E-state index contributed by atoms with van der Waals surface area (Å²) < 4.78 is 5.30. The molecular weight excluding hydrogens is 406 g/mol. The number of ether oxygens (including phenoxy) is 1. The number of nitrogens with zero attached hydrogens (tertiary/aromatic N) is 3. The zero-order valence-electron chi connectivity index (χ0n) is 21.0. The summed E-state index contributed by atoms with van der Waals surface area (Å²) in [6.45, 7) is 4.23. The Hall–Kier alpha value is -1.65. The monoisotopic (exact) mass is 453 g/mol. The lowest BCUT2D eigenvalue weighted by atomic mass is 10.1. The Bertz CT molecular complexity index is 675. The fraction of sp³-hybridized carbons (Fsp3) is 0.690. The van der Waals surface area contributed by atoms with Crippen molar-refractivity contribution in [3.63, 3.8) is 0 Å². The Kier molecular flexibility index (Phi) is 12.6. The highest BCUT2D eigenvalue weighted by atomic mass is 16.5. The molecule has 2 atom stereocenters. The molecule has 184 valence electrons. The van der Waals surface area contributed by atoms with Crippen LogP contribution in [0.25, 0.3) is 0 Å². The fourth-order valence-electron chi connectivity index (χ4n) is 5.22. The highest BCUT2D eigenvalue weighted by Gasteiger charge is 2.22. The van der Waals surface area contributed by atoms with E-state index in [2.05, 4.69) is 63.7 Å². The molecule has 0 aromatic heterocycles. The van der Waals surface area contributed by atoms with Crippen molar-refractivity contribution in [3.8, 4) is 0 Å². The second-order valence-corrected chi connectivity index (χ2v) is 9.86. The predicted molar refractivity (Wildman–Crippen MR) is 141 cm³/mol. The first kappa shape index (κ1) is 26.0. The molecule has 0 bridgehead atoms. The molecule has 0 unspecified atom stereocenters. The van der Waals surface area contributed by atoms with E-state index in [4.69, 9.17) is 4.74 Å². The molecule has 2 fully saturated rings. The summed E-state index contributed by atoms with van der Waals surface area (Å²) in [7, 11) is 1.79. The van der Waals surface area contributed by atoms with Crippen LogP contribution < -0.4 is 0 Å². The van der Waals surface area contributed by atoms with Gasteiger partial charge in [0.05, 0.1) is 12.6 Å². The zero-order chi connectivity index (χ0) is 23.0. The maximum Gasteiger partial charge on any atom is 0.0704 e. The van der Waals surface area contributed by atoms with Crippen molar-refractivity contribution < 1.29 is 4.74 Å². The number of unbranched alkanes of at least 4 members (excludes halogenated alkanes) is 8. The van der Waals surface area contributed by atoms with Gasteiger partial charge in [-0.25, -0.2) is 0 Å². The standard InChI is InChI=1S/C29H47N3O/c1-33-26-29-21-16-24-32(29)30-22-14-9-7-5-3-2-4-6-8-13-19-28-20-15-23-31(28)25-27-17-11-10-12-18-27/h10-13,17-19,22,28-29H,2-9,14-16,20-21,23-26H2,1H3/b19-13-,30-22+/t28-,29-/m0/s1. The Balaban J connectivity index is 1.14. The van der Waals surface area contributed by atoms with Crippen LogP contribution in [0.4, 0.5) is 0 Å².